The van der Waals surface area contributed by atoms with Gasteiger partial charge in [-0.2, -0.15) is 13.2 Å². The van der Waals surface area contributed by atoms with Crippen LogP contribution in [0.5, 0.6) is 0 Å². The van der Waals surface area contributed by atoms with Crippen LogP contribution in [0.15, 0.2) is 12.3 Å². The molecule has 1 aromatic rings. The lowest BCUT2D eigenvalue weighted by Gasteiger charge is -2.20. The van der Waals surface area contributed by atoms with Crippen LogP contribution in [0.1, 0.15) is 16.8 Å². The van der Waals surface area contributed by atoms with E-state index >= 15 is 0 Å². The number of pyridine rings is 1. The molecule has 0 atom stereocenters. The van der Waals surface area contributed by atoms with Crippen molar-refractivity contribution in [2.75, 3.05) is 6.54 Å². The maximum Gasteiger partial charge on any atom is 0.433 e. The van der Waals surface area contributed by atoms with Crippen LogP contribution >= 0.6 is 0 Å². The number of rotatable bonds is 0. The lowest BCUT2D eigenvalue weighted by molar-refractivity contribution is -0.141. The van der Waals surface area contributed by atoms with Crippen molar-refractivity contribution < 1.29 is 13.2 Å². The molecular formula is C9H9F3N2. The molecule has 2 heterocycles. The molecule has 0 fully saturated rings. The van der Waals surface area contributed by atoms with Crippen molar-refractivity contribution in [3.05, 3.63) is 29.1 Å². The van der Waals surface area contributed by atoms with Crippen LogP contribution in [-0.4, -0.2) is 11.5 Å². The topological polar surface area (TPSA) is 24.9 Å². The average molecular weight is 202 g/mol. The summed E-state index contributed by atoms with van der Waals surface area (Å²) in [6.07, 6.45) is -2.71. The minimum absolute atomic E-state index is 0.346. The fraction of sp³-hybridized carbons (Fsp3) is 0.444. The number of hydrogen-bond donors (Lipinski definition) is 1. The molecule has 0 spiro atoms. The van der Waals surface area contributed by atoms with Crippen LogP contribution in [-0.2, 0) is 19.1 Å². The molecule has 0 bridgehead atoms. The highest BCUT2D eigenvalue weighted by atomic mass is 19.4. The Balaban J connectivity index is 2.51. The largest absolute Gasteiger partial charge is 0.433 e. The number of nitrogens with zero attached hydrogens (tertiary/aromatic N) is 1. The number of hydrogen-bond acceptors (Lipinski definition) is 2. The lowest BCUT2D eigenvalue weighted by Crippen LogP contribution is -2.27. The Bertz CT molecular complexity index is 346. The van der Waals surface area contributed by atoms with Gasteiger partial charge in [-0.25, -0.2) is 0 Å². The summed E-state index contributed by atoms with van der Waals surface area (Å²) in [7, 11) is 0. The van der Waals surface area contributed by atoms with Crippen molar-refractivity contribution in [2.45, 2.75) is 19.1 Å². The van der Waals surface area contributed by atoms with Crippen molar-refractivity contribution in [1.82, 2.24) is 10.3 Å². The summed E-state index contributed by atoms with van der Waals surface area (Å²) in [4.78, 5) is 3.41. The highest BCUT2D eigenvalue weighted by Crippen LogP contribution is 2.32. The predicted octanol–water partition coefficient (Wildman–Crippen LogP) is 1.75. The molecule has 0 radical (unpaired) electrons. The molecule has 2 nitrogen and oxygen atoms in total. The summed E-state index contributed by atoms with van der Waals surface area (Å²) in [5.41, 5.74) is 0.328. The molecule has 76 valence electrons. The van der Waals surface area contributed by atoms with Crippen molar-refractivity contribution in [2.24, 2.45) is 0 Å². The summed E-state index contributed by atoms with van der Waals surface area (Å²) in [6.45, 7) is 1.09. The normalized spacial score (nSPS) is 16.5. The molecule has 1 aromatic heterocycles. The maximum atomic E-state index is 12.5. The minimum Gasteiger partial charge on any atom is -0.312 e. The third-order valence-electron chi connectivity index (χ3n) is 2.29. The first-order valence-corrected chi connectivity index (χ1v) is 4.33. The second kappa shape index (κ2) is 3.24. The number of aromatic nitrogens is 1. The van der Waals surface area contributed by atoms with Gasteiger partial charge >= 0.3 is 6.18 Å². The first-order valence-electron chi connectivity index (χ1n) is 4.33. The molecule has 0 saturated carbocycles. The zero-order chi connectivity index (χ0) is 10.2. The Morgan fingerprint density at radius 2 is 2.14 bits per heavy atom. The number of halogens is 3. The van der Waals surface area contributed by atoms with Gasteiger partial charge in [0.25, 0.3) is 0 Å². The van der Waals surface area contributed by atoms with E-state index in [1.807, 2.05) is 0 Å². The van der Waals surface area contributed by atoms with Gasteiger partial charge in [0, 0.05) is 12.7 Å². The van der Waals surface area contributed by atoms with Gasteiger partial charge in [-0.05, 0) is 30.2 Å². The van der Waals surface area contributed by atoms with Gasteiger partial charge in [-0.3, -0.25) is 4.98 Å². The molecule has 1 aliphatic heterocycles. The first-order chi connectivity index (χ1) is 6.59. The third kappa shape index (κ3) is 1.59. The van der Waals surface area contributed by atoms with Crippen LogP contribution in [0, 0.1) is 0 Å². The van der Waals surface area contributed by atoms with Crippen LogP contribution in [0.3, 0.4) is 0 Å². The molecule has 0 aliphatic carbocycles. The number of alkyl halides is 3. The standard InChI is InChI=1S/C9H9F3N2/c10-9(11,12)8-7-2-3-13-5-6(7)1-4-14-8/h1,4,13H,2-3,5H2. The summed E-state index contributed by atoms with van der Waals surface area (Å²) >= 11 is 0. The second-order valence-electron chi connectivity index (χ2n) is 3.22. The van der Waals surface area contributed by atoms with E-state index in [1.54, 1.807) is 6.07 Å². The zero-order valence-electron chi connectivity index (χ0n) is 7.36. The quantitative estimate of drug-likeness (QED) is 0.693. The predicted molar refractivity (Wildman–Crippen MR) is 44.6 cm³/mol. The van der Waals surface area contributed by atoms with E-state index in [2.05, 4.69) is 10.3 Å². The van der Waals surface area contributed by atoms with Gasteiger partial charge in [0.1, 0.15) is 5.69 Å². The van der Waals surface area contributed by atoms with Gasteiger partial charge in [0.2, 0.25) is 0 Å². The van der Waals surface area contributed by atoms with Gasteiger partial charge < -0.3 is 5.32 Å². The van der Waals surface area contributed by atoms with Crippen LogP contribution < -0.4 is 5.32 Å². The molecule has 14 heavy (non-hydrogen) atoms. The Hall–Kier alpha value is -1.10. The van der Waals surface area contributed by atoms with Crippen molar-refractivity contribution in [3.63, 3.8) is 0 Å². The van der Waals surface area contributed by atoms with Gasteiger partial charge in [-0.1, -0.05) is 0 Å². The molecule has 1 N–H and O–H groups in total. The summed E-state index contributed by atoms with van der Waals surface area (Å²) in [5, 5.41) is 3.02. The molecule has 0 unspecified atom stereocenters. The van der Waals surface area contributed by atoms with E-state index in [0.29, 0.717) is 30.6 Å². The monoisotopic (exact) mass is 202 g/mol. The van der Waals surface area contributed by atoms with Crippen molar-refractivity contribution in [1.29, 1.82) is 0 Å². The fourth-order valence-corrected chi connectivity index (χ4v) is 1.66. The highest BCUT2D eigenvalue weighted by molar-refractivity contribution is 5.33. The van der Waals surface area contributed by atoms with Gasteiger partial charge in [-0.15, -0.1) is 0 Å². The third-order valence-corrected chi connectivity index (χ3v) is 2.29. The molecule has 0 aromatic carbocycles. The van der Waals surface area contributed by atoms with Gasteiger partial charge in [0.05, 0.1) is 0 Å². The van der Waals surface area contributed by atoms with Crippen molar-refractivity contribution >= 4 is 0 Å². The molecule has 2 rings (SSSR count). The van der Waals surface area contributed by atoms with E-state index in [0.717, 1.165) is 0 Å². The maximum absolute atomic E-state index is 12.5. The van der Waals surface area contributed by atoms with E-state index < -0.39 is 11.9 Å². The smallest absolute Gasteiger partial charge is 0.312 e. The summed E-state index contributed by atoms with van der Waals surface area (Å²) in [5.74, 6) is 0. The van der Waals surface area contributed by atoms with E-state index in [-0.39, 0.29) is 0 Å². The Kier molecular flexibility index (Phi) is 2.19. The van der Waals surface area contributed by atoms with E-state index in [1.165, 1.54) is 6.20 Å². The molecule has 1 aliphatic rings. The molecule has 5 heteroatoms. The highest BCUT2D eigenvalue weighted by Gasteiger charge is 2.36. The number of nitrogens with one attached hydrogen (secondary N) is 1. The first kappa shape index (κ1) is 9.45. The molecule has 0 saturated heterocycles. The van der Waals surface area contributed by atoms with E-state index in [4.69, 9.17) is 0 Å². The zero-order valence-corrected chi connectivity index (χ0v) is 7.36. The SMILES string of the molecule is FC(F)(F)c1nccc2c1CCNC2. The summed E-state index contributed by atoms with van der Waals surface area (Å²) in [6, 6.07) is 1.64. The fourth-order valence-electron chi connectivity index (χ4n) is 1.66. The second-order valence-corrected chi connectivity index (χ2v) is 3.22. The Morgan fingerprint density at radius 3 is 2.86 bits per heavy atom. The minimum atomic E-state index is -4.33. The Morgan fingerprint density at radius 1 is 1.36 bits per heavy atom. The van der Waals surface area contributed by atoms with E-state index in [9.17, 15) is 13.2 Å². The van der Waals surface area contributed by atoms with Crippen LogP contribution in [0.25, 0.3) is 0 Å². The van der Waals surface area contributed by atoms with Gasteiger partial charge in [0.15, 0.2) is 0 Å². The average Bonchev–Trinajstić information content (AvgIpc) is 2.15. The molecule has 0 amide bonds. The number of fused-ring (bicyclic) bond motifs is 1. The lowest BCUT2D eigenvalue weighted by atomic mass is 10.00. The van der Waals surface area contributed by atoms with Crippen LogP contribution in [0.4, 0.5) is 13.2 Å². The van der Waals surface area contributed by atoms with Crippen LogP contribution in [0.2, 0.25) is 0 Å². The Labute approximate surface area is 79.2 Å². The van der Waals surface area contributed by atoms with Crippen molar-refractivity contribution in [3.8, 4) is 0 Å². The summed E-state index contributed by atoms with van der Waals surface area (Å²) < 4.78 is 37.5. The molecular weight excluding hydrogens is 193 g/mol.